The lowest BCUT2D eigenvalue weighted by Crippen LogP contribution is -2.50. The molecule has 1 aromatic heterocycles. The lowest BCUT2D eigenvalue weighted by molar-refractivity contribution is -0.141. The highest BCUT2D eigenvalue weighted by atomic mass is 19.4. The molecule has 1 aliphatic rings. The van der Waals surface area contributed by atoms with Gasteiger partial charge in [-0.2, -0.15) is 13.2 Å². The number of aromatic nitrogens is 1. The molecular weight excluding hydrogens is 355 g/mol. The van der Waals surface area contributed by atoms with E-state index in [-0.39, 0.29) is 37.6 Å². The number of alkyl halides is 3. The Kier molecular flexibility index (Phi) is 5.33. The summed E-state index contributed by atoms with van der Waals surface area (Å²) in [6.45, 7) is 5.85. The second-order valence-electron chi connectivity index (χ2n) is 6.83. The van der Waals surface area contributed by atoms with Crippen molar-refractivity contribution < 1.29 is 32.6 Å². The Hall–Kier alpha value is -2.52. The van der Waals surface area contributed by atoms with Crippen LogP contribution in [0.3, 0.4) is 0 Å². The predicted octanol–water partition coefficient (Wildman–Crippen LogP) is 2.86. The molecule has 2 rings (SSSR count). The van der Waals surface area contributed by atoms with E-state index < -0.39 is 29.5 Å². The zero-order valence-corrected chi connectivity index (χ0v) is 14.6. The Morgan fingerprint density at radius 2 is 1.69 bits per heavy atom. The van der Waals surface area contributed by atoms with Gasteiger partial charge in [0.1, 0.15) is 22.7 Å². The van der Waals surface area contributed by atoms with Gasteiger partial charge in [-0.25, -0.2) is 14.6 Å². The number of piperazine rings is 1. The Labute approximate surface area is 148 Å². The van der Waals surface area contributed by atoms with Gasteiger partial charge in [0, 0.05) is 26.2 Å². The van der Waals surface area contributed by atoms with Gasteiger partial charge in [-0.05, 0) is 32.9 Å². The van der Waals surface area contributed by atoms with Crippen LogP contribution < -0.4 is 4.90 Å². The zero-order chi connectivity index (χ0) is 19.7. The number of halogens is 3. The summed E-state index contributed by atoms with van der Waals surface area (Å²) in [5.41, 5.74) is -2.14. The maximum atomic E-state index is 12.9. The number of nitrogens with zero attached hydrogens (tertiary/aromatic N) is 3. The minimum Gasteiger partial charge on any atom is -0.478 e. The van der Waals surface area contributed by atoms with E-state index in [2.05, 4.69) is 4.98 Å². The topological polar surface area (TPSA) is 83.0 Å². The number of carboxylic acid groups (broad SMARTS) is 1. The Balaban J connectivity index is 2.18. The summed E-state index contributed by atoms with van der Waals surface area (Å²) in [6, 6.07) is 1.54. The lowest BCUT2D eigenvalue weighted by Gasteiger charge is -2.36. The number of carboxylic acids is 1. The number of hydrogen-bond donors (Lipinski definition) is 1. The van der Waals surface area contributed by atoms with E-state index in [1.807, 2.05) is 0 Å². The van der Waals surface area contributed by atoms with Crippen molar-refractivity contribution in [3.05, 3.63) is 23.4 Å². The molecule has 144 valence electrons. The number of carbonyl (C=O) groups is 2. The van der Waals surface area contributed by atoms with Crippen molar-refractivity contribution >= 4 is 17.9 Å². The van der Waals surface area contributed by atoms with Gasteiger partial charge >= 0.3 is 18.2 Å². The number of amides is 1. The monoisotopic (exact) mass is 375 g/mol. The molecule has 1 aromatic rings. The van der Waals surface area contributed by atoms with Crippen molar-refractivity contribution in [3.63, 3.8) is 0 Å². The molecule has 7 nitrogen and oxygen atoms in total. The minimum absolute atomic E-state index is 0.147. The van der Waals surface area contributed by atoms with Gasteiger partial charge < -0.3 is 19.6 Å². The Morgan fingerprint density at radius 1 is 1.12 bits per heavy atom. The molecule has 0 atom stereocenters. The third-order valence-electron chi connectivity index (χ3n) is 3.63. The maximum absolute atomic E-state index is 12.9. The summed E-state index contributed by atoms with van der Waals surface area (Å²) in [4.78, 5) is 29.7. The maximum Gasteiger partial charge on any atom is 0.433 e. The average molecular weight is 375 g/mol. The molecule has 0 aliphatic carbocycles. The molecule has 10 heteroatoms. The van der Waals surface area contributed by atoms with Crippen LogP contribution in [-0.4, -0.2) is 58.8 Å². The number of hydrogen-bond acceptors (Lipinski definition) is 5. The molecule has 1 saturated heterocycles. The fraction of sp³-hybridized carbons (Fsp3) is 0.562. The smallest absolute Gasteiger partial charge is 0.433 e. The summed E-state index contributed by atoms with van der Waals surface area (Å²) in [6.07, 6.45) is -5.20. The van der Waals surface area contributed by atoms with Crippen LogP contribution in [0.5, 0.6) is 0 Å². The van der Waals surface area contributed by atoms with E-state index in [4.69, 9.17) is 4.74 Å². The summed E-state index contributed by atoms with van der Waals surface area (Å²) in [5, 5.41) is 9.23. The first kappa shape index (κ1) is 19.8. The van der Waals surface area contributed by atoms with Crippen LogP contribution in [0.4, 0.5) is 23.8 Å². The molecule has 1 amide bonds. The summed E-state index contributed by atoms with van der Waals surface area (Å²) >= 11 is 0. The fourth-order valence-corrected chi connectivity index (χ4v) is 2.44. The van der Waals surface area contributed by atoms with E-state index in [1.165, 1.54) is 9.80 Å². The molecule has 0 bridgehead atoms. The summed E-state index contributed by atoms with van der Waals surface area (Å²) in [5.74, 6) is -1.62. The average Bonchev–Trinajstić information content (AvgIpc) is 2.52. The van der Waals surface area contributed by atoms with Crippen LogP contribution >= 0.6 is 0 Å². The van der Waals surface area contributed by atoms with Crippen LogP contribution in [0.25, 0.3) is 0 Å². The zero-order valence-electron chi connectivity index (χ0n) is 14.6. The van der Waals surface area contributed by atoms with Crippen molar-refractivity contribution in [1.82, 2.24) is 9.88 Å². The number of ether oxygens (including phenoxy) is 1. The highest BCUT2D eigenvalue weighted by Gasteiger charge is 2.35. The van der Waals surface area contributed by atoms with Crippen molar-refractivity contribution in [2.24, 2.45) is 0 Å². The van der Waals surface area contributed by atoms with E-state index in [0.717, 1.165) is 6.07 Å². The Bertz CT molecular complexity index is 693. The first-order valence-electron chi connectivity index (χ1n) is 7.93. The summed E-state index contributed by atoms with van der Waals surface area (Å²) in [7, 11) is 0. The van der Waals surface area contributed by atoms with Crippen LogP contribution in [-0.2, 0) is 10.9 Å². The minimum atomic E-state index is -4.68. The third kappa shape index (κ3) is 4.77. The van der Waals surface area contributed by atoms with Gasteiger partial charge in [0.25, 0.3) is 0 Å². The molecule has 1 fully saturated rings. The number of rotatable bonds is 2. The standard InChI is InChI=1S/C16H20F3N3O4/c1-15(2,3)26-14(25)22-8-6-21(7-9-22)12-10(13(23)24)4-5-11(20-12)16(17,18)19/h4-5H,6-9H2,1-3H3,(H,23,24). The molecule has 0 unspecified atom stereocenters. The van der Waals surface area contributed by atoms with Crippen molar-refractivity contribution in [2.75, 3.05) is 31.1 Å². The fourth-order valence-electron chi connectivity index (χ4n) is 2.44. The third-order valence-corrected chi connectivity index (χ3v) is 3.63. The normalized spacial score (nSPS) is 15.8. The Morgan fingerprint density at radius 3 is 2.15 bits per heavy atom. The van der Waals surface area contributed by atoms with E-state index >= 15 is 0 Å². The quantitative estimate of drug-likeness (QED) is 0.856. The van der Waals surface area contributed by atoms with Gasteiger partial charge in [-0.15, -0.1) is 0 Å². The number of pyridine rings is 1. The highest BCUT2D eigenvalue weighted by Crippen LogP contribution is 2.31. The van der Waals surface area contributed by atoms with Crippen molar-refractivity contribution in [2.45, 2.75) is 32.5 Å². The van der Waals surface area contributed by atoms with Crippen LogP contribution in [0, 0.1) is 0 Å². The first-order chi connectivity index (χ1) is 11.9. The van der Waals surface area contributed by atoms with Crippen molar-refractivity contribution in [3.8, 4) is 0 Å². The number of carbonyl (C=O) groups excluding carboxylic acids is 1. The lowest BCUT2D eigenvalue weighted by atomic mass is 10.2. The molecular formula is C16H20F3N3O4. The molecule has 0 saturated carbocycles. The second-order valence-corrected chi connectivity index (χ2v) is 6.83. The molecule has 2 heterocycles. The SMILES string of the molecule is CC(C)(C)OC(=O)N1CCN(c2nc(C(F)(F)F)ccc2C(=O)O)CC1. The number of aromatic carboxylic acids is 1. The molecule has 0 spiro atoms. The van der Waals surface area contributed by atoms with Gasteiger partial charge in [-0.1, -0.05) is 0 Å². The number of anilines is 1. The first-order valence-corrected chi connectivity index (χ1v) is 7.93. The summed E-state index contributed by atoms with van der Waals surface area (Å²) < 4.78 is 43.9. The van der Waals surface area contributed by atoms with Crippen LogP contribution in [0.2, 0.25) is 0 Å². The van der Waals surface area contributed by atoms with Crippen LogP contribution in [0.1, 0.15) is 36.8 Å². The molecule has 26 heavy (non-hydrogen) atoms. The van der Waals surface area contributed by atoms with Gasteiger partial charge in [0.05, 0.1) is 0 Å². The van der Waals surface area contributed by atoms with E-state index in [0.29, 0.717) is 6.07 Å². The van der Waals surface area contributed by atoms with Gasteiger partial charge in [0.2, 0.25) is 0 Å². The van der Waals surface area contributed by atoms with E-state index in [9.17, 15) is 27.9 Å². The molecule has 0 aromatic carbocycles. The van der Waals surface area contributed by atoms with Crippen LogP contribution in [0.15, 0.2) is 12.1 Å². The molecule has 1 aliphatic heterocycles. The highest BCUT2D eigenvalue weighted by molar-refractivity contribution is 5.93. The molecule has 1 N–H and O–H groups in total. The predicted molar refractivity (Wildman–Crippen MR) is 86.2 cm³/mol. The second kappa shape index (κ2) is 7.00. The molecule has 0 radical (unpaired) electrons. The largest absolute Gasteiger partial charge is 0.478 e. The van der Waals surface area contributed by atoms with Gasteiger partial charge in [0.15, 0.2) is 0 Å². The van der Waals surface area contributed by atoms with Crippen molar-refractivity contribution in [1.29, 1.82) is 0 Å². The van der Waals surface area contributed by atoms with E-state index in [1.54, 1.807) is 20.8 Å². The van der Waals surface area contributed by atoms with Gasteiger partial charge in [-0.3, -0.25) is 0 Å².